The number of hydrogen-bond donors (Lipinski definition) is 1. The summed E-state index contributed by atoms with van der Waals surface area (Å²) in [5, 5.41) is 8.26. The fourth-order valence-corrected chi connectivity index (χ4v) is 6.51. The molecule has 20 heavy (non-hydrogen) atoms. The minimum atomic E-state index is 0.427. The van der Waals surface area contributed by atoms with Crippen LogP contribution >= 0.6 is 0 Å². The third kappa shape index (κ3) is 2.11. The lowest BCUT2D eigenvalue weighted by Gasteiger charge is -2.65. The zero-order chi connectivity index (χ0) is 13.8. The highest BCUT2D eigenvalue weighted by molar-refractivity contribution is 5.14. The van der Waals surface area contributed by atoms with Gasteiger partial charge in [-0.2, -0.15) is 5.10 Å². The van der Waals surface area contributed by atoms with Crippen molar-refractivity contribution in [1.29, 1.82) is 0 Å². The van der Waals surface area contributed by atoms with Crippen LogP contribution in [0.25, 0.3) is 0 Å². The topological polar surface area (TPSA) is 29.9 Å². The Morgan fingerprint density at radius 1 is 1.15 bits per heavy atom. The van der Waals surface area contributed by atoms with Crippen molar-refractivity contribution in [2.45, 2.75) is 64.5 Å². The van der Waals surface area contributed by atoms with Crippen molar-refractivity contribution in [3.05, 3.63) is 18.5 Å². The van der Waals surface area contributed by atoms with E-state index in [0.717, 1.165) is 19.0 Å². The van der Waals surface area contributed by atoms with Crippen molar-refractivity contribution in [1.82, 2.24) is 15.1 Å². The number of hydrogen-bond acceptors (Lipinski definition) is 2. The summed E-state index contributed by atoms with van der Waals surface area (Å²) in [7, 11) is 0. The lowest BCUT2D eigenvalue weighted by atomic mass is 9.43. The van der Waals surface area contributed by atoms with Crippen LogP contribution in [-0.4, -0.2) is 21.9 Å². The van der Waals surface area contributed by atoms with E-state index < -0.39 is 0 Å². The Hall–Kier alpha value is -0.830. The lowest BCUT2D eigenvalue weighted by molar-refractivity contribution is -0.117. The number of nitrogens with one attached hydrogen (secondary N) is 1. The largest absolute Gasteiger partial charge is 0.309 e. The maximum absolute atomic E-state index is 4.30. The van der Waals surface area contributed by atoms with Gasteiger partial charge in [-0.25, -0.2) is 0 Å². The highest BCUT2D eigenvalue weighted by Gasteiger charge is 2.59. The fourth-order valence-electron chi connectivity index (χ4n) is 6.51. The van der Waals surface area contributed by atoms with Gasteiger partial charge in [0.25, 0.3) is 0 Å². The molecule has 0 spiro atoms. The first-order valence-electron chi connectivity index (χ1n) is 8.21. The van der Waals surface area contributed by atoms with Crippen molar-refractivity contribution in [3.63, 3.8) is 0 Å². The van der Waals surface area contributed by atoms with E-state index in [9.17, 15) is 0 Å². The maximum Gasteiger partial charge on any atom is 0.0534 e. The van der Waals surface area contributed by atoms with Crippen LogP contribution in [0.1, 0.15) is 52.4 Å². The van der Waals surface area contributed by atoms with Crippen LogP contribution in [0.5, 0.6) is 0 Å². The van der Waals surface area contributed by atoms with E-state index in [-0.39, 0.29) is 0 Å². The van der Waals surface area contributed by atoms with Crippen LogP contribution in [0.2, 0.25) is 0 Å². The maximum atomic E-state index is 4.30. The van der Waals surface area contributed by atoms with Gasteiger partial charge in [-0.3, -0.25) is 4.68 Å². The Kier molecular flexibility index (Phi) is 2.64. The van der Waals surface area contributed by atoms with Gasteiger partial charge in [0.2, 0.25) is 0 Å². The molecule has 0 saturated heterocycles. The number of aromatic nitrogens is 2. The summed E-state index contributed by atoms with van der Waals surface area (Å²) in [6.07, 6.45) is 12.5. The molecule has 4 saturated carbocycles. The van der Waals surface area contributed by atoms with Crippen LogP contribution in [0.4, 0.5) is 0 Å². The Bertz CT molecular complexity index is 474. The summed E-state index contributed by atoms with van der Waals surface area (Å²) in [5.41, 5.74) is 1.63. The molecule has 4 aliphatic carbocycles. The first-order valence-corrected chi connectivity index (χ1v) is 8.21. The molecule has 1 aromatic heterocycles. The molecular formula is C17H27N3. The molecule has 0 aliphatic heterocycles. The van der Waals surface area contributed by atoms with Gasteiger partial charge in [0.1, 0.15) is 0 Å². The van der Waals surface area contributed by atoms with Gasteiger partial charge in [-0.15, -0.1) is 0 Å². The minimum Gasteiger partial charge on any atom is -0.309 e. The van der Waals surface area contributed by atoms with E-state index in [4.69, 9.17) is 0 Å². The van der Waals surface area contributed by atoms with Crippen LogP contribution < -0.4 is 5.32 Å². The zero-order valence-corrected chi connectivity index (χ0v) is 12.9. The first-order chi connectivity index (χ1) is 9.49. The van der Waals surface area contributed by atoms with Crippen molar-refractivity contribution in [3.8, 4) is 0 Å². The minimum absolute atomic E-state index is 0.427. The average Bonchev–Trinajstić information content (AvgIpc) is 2.76. The third-order valence-electron chi connectivity index (χ3n) is 6.03. The van der Waals surface area contributed by atoms with Gasteiger partial charge >= 0.3 is 0 Å². The first kappa shape index (κ1) is 12.9. The molecule has 0 amide bonds. The van der Waals surface area contributed by atoms with Gasteiger partial charge in [-0.1, -0.05) is 13.8 Å². The zero-order valence-electron chi connectivity index (χ0n) is 12.9. The monoisotopic (exact) mass is 273 g/mol. The number of nitrogens with zero attached hydrogens (tertiary/aromatic N) is 2. The van der Waals surface area contributed by atoms with E-state index in [1.165, 1.54) is 38.5 Å². The van der Waals surface area contributed by atoms with Gasteiger partial charge in [-0.05, 0) is 61.3 Å². The molecule has 0 radical (unpaired) electrons. The van der Waals surface area contributed by atoms with Gasteiger partial charge in [0.05, 0.1) is 6.54 Å². The lowest BCUT2D eigenvalue weighted by Crippen LogP contribution is -2.64. The second-order valence-corrected chi connectivity index (χ2v) is 8.61. The summed E-state index contributed by atoms with van der Waals surface area (Å²) in [6.45, 7) is 7.13. The van der Waals surface area contributed by atoms with E-state index >= 15 is 0 Å². The molecule has 3 nitrogen and oxygen atoms in total. The summed E-state index contributed by atoms with van der Waals surface area (Å²) < 4.78 is 2.04. The molecule has 4 fully saturated rings. The second kappa shape index (κ2) is 4.09. The van der Waals surface area contributed by atoms with E-state index in [2.05, 4.69) is 30.5 Å². The van der Waals surface area contributed by atoms with Crippen LogP contribution in [0.3, 0.4) is 0 Å². The summed E-state index contributed by atoms with van der Waals surface area (Å²) in [4.78, 5) is 0. The summed E-state index contributed by atoms with van der Waals surface area (Å²) in [5.74, 6) is 0.971. The Morgan fingerprint density at radius 3 is 2.50 bits per heavy atom. The Morgan fingerprint density at radius 2 is 1.90 bits per heavy atom. The van der Waals surface area contributed by atoms with E-state index in [1.54, 1.807) is 0 Å². The quantitative estimate of drug-likeness (QED) is 0.913. The van der Waals surface area contributed by atoms with Crippen LogP contribution in [-0.2, 0) is 6.54 Å². The molecule has 1 N–H and O–H groups in total. The van der Waals surface area contributed by atoms with Crippen molar-refractivity contribution in [2.24, 2.45) is 16.7 Å². The van der Waals surface area contributed by atoms with Gasteiger partial charge in [0, 0.05) is 24.5 Å². The fraction of sp³-hybridized carbons (Fsp3) is 0.824. The third-order valence-corrected chi connectivity index (χ3v) is 6.03. The second-order valence-electron chi connectivity index (χ2n) is 8.61. The molecule has 4 aliphatic rings. The standard InChI is InChI=1S/C17H27N3/c1-15-8-14-9-16(2,11-15)13-17(10-14,12-15)18-5-7-20-6-3-4-19-20/h3-4,6,14,18H,5,7-13H2,1-2H3. The van der Waals surface area contributed by atoms with Crippen LogP contribution in [0.15, 0.2) is 18.5 Å². The van der Waals surface area contributed by atoms with Crippen molar-refractivity contribution in [2.75, 3.05) is 6.54 Å². The van der Waals surface area contributed by atoms with E-state index in [0.29, 0.717) is 16.4 Å². The number of rotatable bonds is 4. The highest BCUT2D eigenvalue weighted by Crippen LogP contribution is 2.66. The molecule has 0 aromatic carbocycles. The molecule has 110 valence electrons. The molecule has 3 heteroatoms. The van der Waals surface area contributed by atoms with Gasteiger partial charge < -0.3 is 5.32 Å². The molecular weight excluding hydrogens is 246 g/mol. The predicted molar refractivity (Wildman–Crippen MR) is 80.4 cm³/mol. The molecule has 5 rings (SSSR count). The molecule has 2 unspecified atom stereocenters. The predicted octanol–water partition coefficient (Wildman–Crippen LogP) is 3.22. The average molecular weight is 273 g/mol. The summed E-state index contributed by atoms with van der Waals surface area (Å²) >= 11 is 0. The Labute approximate surface area is 122 Å². The molecule has 4 bridgehead atoms. The Balaban J connectivity index is 1.47. The van der Waals surface area contributed by atoms with Crippen LogP contribution in [0, 0.1) is 16.7 Å². The highest BCUT2D eigenvalue weighted by atomic mass is 15.3. The smallest absolute Gasteiger partial charge is 0.0534 e. The summed E-state index contributed by atoms with van der Waals surface area (Å²) in [6, 6.07) is 2.01. The van der Waals surface area contributed by atoms with Gasteiger partial charge in [0.15, 0.2) is 0 Å². The molecule has 1 heterocycles. The molecule has 2 atom stereocenters. The van der Waals surface area contributed by atoms with Crippen molar-refractivity contribution >= 4 is 0 Å². The van der Waals surface area contributed by atoms with E-state index in [1.807, 2.05) is 16.9 Å². The molecule has 1 aromatic rings. The van der Waals surface area contributed by atoms with Crippen molar-refractivity contribution < 1.29 is 0 Å². The SMILES string of the molecule is CC12CC3CC(C)(C1)CC(NCCn1cccn1)(C3)C2. The normalized spacial score (nSPS) is 46.0.